The van der Waals surface area contributed by atoms with Gasteiger partial charge in [-0.15, -0.1) is 0 Å². The van der Waals surface area contributed by atoms with E-state index < -0.39 is 0 Å². The average molecular weight is 377 g/mol. The topological polar surface area (TPSA) is 104 Å². The molecule has 1 aliphatic rings. The molecule has 0 fully saturated rings. The lowest BCUT2D eigenvalue weighted by atomic mass is 10.2. The Bertz CT molecular complexity index is 993. The van der Waals surface area contributed by atoms with Crippen molar-refractivity contribution < 1.29 is 14.2 Å². The van der Waals surface area contributed by atoms with Gasteiger partial charge in [0.1, 0.15) is 36.9 Å². The number of nitrogens with two attached hydrogens (primary N) is 1. The molecule has 2 aromatic heterocycles. The third kappa shape index (κ3) is 4.29. The van der Waals surface area contributed by atoms with Crippen LogP contribution in [0.3, 0.4) is 0 Å². The van der Waals surface area contributed by atoms with Gasteiger partial charge in [0.15, 0.2) is 11.5 Å². The second kappa shape index (κ2) is 8.26. The van der Waals surface area contributed by atoms with E-state index in [1.54, 1.807) is 18.2 Å². The summed E-state index contributed by atoms with van der Waals surface area (Å²) in [5, 5.41) is 3.15. The number of rotatable bonds is 6. The number of benzene rings is 1. The molecule has 8 heteroatoms. The van der Waals surface area contributed by atoms with Crippen molar-refractivity contribution in [3.63, 3.8) is 0 Å². The maximum Gasteiger partial charge on any atom is 0.224 e. The predicted molar refractivity (Wildman–Crippen MR) is 104 cm³/mol. The number of allylic oxidation sites excluding steroid dienone is 1. The summed E-state index contributed by atoms with van der Waals surface area (Å²) in [6.45, 7) is 1.07. The van der Waals surface area contributed by atoms with Crippen molar-refractivity contribution in [2.45, 2.75) is 6.42 Å². The molecule has 3 aromatic rings. The van der Waals surface area contributed by atoms with E-state index in [0.717, 1.165) is 5.69 Å². The molecule has 3 heterocycles. The molecule has 0 unspecified atom stereocenters. The molecule has 28 heavy (non-hydrogen) atoms. The van der Waals surface area contributed by atoms with E-state index in [9.17, 15) is 0 Å². The van der Waals surface area contributed by atoms with Gasteiger partial charge in [-0.1, -0.05) is 12.1 Å². The Hall–Kier alpha value is -3.81. The minimum Gasteiger partial charge on any atom is -0.486 e. The molecule has 3 N–H and O–H groups in total. The summed E-state index contributed by atoms with van der Waals surface area (Å²) in [5.74, 6) is 3.61. The summed E-state index contributed by atoms with van der Waals surface area (Å²) in [6, 6.07) is 12.8. The molecule has 0 atom stereocenters. The van der Waals surface area contributed by atoms with Crippen LogP contribution in [0.5, 0.6) is 23.1 Å². The summed E-state index contributed by atoms with van der Waals surface area (Å²) in [4.78, 5) is 12.9. The first-order valence-electron chi connectivity index (χ1n) is 8.79. The zero-order valence-electron chi connectivity index (χ0n) is 15.0. The predicted octanol–water partition coefficient (Wildman–Crippen LogP) is 3.19. The standard InChI is InChI=1S/C20H19N5O3/c21-8-2-4-14-3-1-5-18(24-14)25-19-12-20(23-13-22-19)28-15-6-7-16-17(11-15)27-10-9-26-16/h1-3,5-8,11-13H,4,9-10,21H2,(H,22,23,24,25). The van der Waals surface area contributed by atoms with Crippen LogP contribution in [-0.4, -0.2) is 28.2 Å². The van der Waals surface area contributed by atoms with E-state index in [2.05, 4.69) is 20.3 Å². The van der Waals surface area contributed by atoms with Crippen LogP contribution in [0.2, 0.25) is 0 Å². The highest BCUT2D eigenvalue weighted by Gasteiger charge is 2.13. The first kappa shape index (κ1) is 17.6. The molecule has 1 aromatic carbocycles. The lowest BCUT2D eigenvalue weighted by molar-refractivity contribution is 0.171. The van der Waals surface area contributed by atoms with Gasteiger partial charge in [-0.05, 0) is 30.5 Å². The Kier molecular flexibility index (Phi) is 5.19. The fourth-order valence-corrected chi connectivity index (χ4v) is 2.65. The number of fused-ring (bicyclic) bond motifs is 1. The van der Waals surface area contributed by atoms with Crippen LogP contribution in [0.1, 0.15) is 5.69 Å². The SMILES string of the molecule is NC=CCc1cccc(Nc2cc(Oc3ccc4c(c3)OCCO4)ncn2)n1. The number of pyridine rings is 1. The average Bonchev–Trinajstić information content (AvgIpc) is 2.73. The Balaban J connectivity index is 1.47. The number of nitrogens with one attached hydrogen (secondary N) is 1. The van der Waals surface area contributed by atoms with Crippen LogP contribution in [-0.2, 0) is 6.42 Å². The molecule has 8 nitrogen and oxygen atoms in total. The molecular formula is C20H19N5O3. The Morgan fingerprint density at radius 3 is 2.82 bits per heavy atom. The van der Waals surface area contributed by atoms with Crippen LogP contribution in [0.4, 0.5) is 11.6 Å². The highest BCUT2D eigenvalue weighted by atomic mass is 16.6. The van der Waals surface area contributed by atoms with Crippen molar-refractivity contribution in [2.75, 3.05) is 18.5 Å². The van der Waals surface area contributed by atoms with E-state index >= 15 is 0 Å². The van der Waals surface area contributed by atoms with Crippen LogP contribution in [0.25, 0.3) is 0 Å². The highest BCUT2D eigenvalue weighted by Crippen LogP contribution is 2.35. The summed E-state index contributed by atoms with van der Waals surface area (Å²) >= 11 is 0. The molecule has 1 aliphatic heterocycles. The first-order valence-corrected chi connectivity index (χ1v) is 8.79. The third-order valence-electron chi connectivity index (χ3n) is 3.90. The molecule has 0 aliphatic carbocycles. The van der Waals surface area contributed by atoms with Crippen LogP contribution < -0.4 is 25.3 Å². The minimum absolute atomic E-state index is 0.399. The van der Waals surface area contributed by atoms with E-state index in [1.807, 2.05) is 30.3 Å². The molecular weight excluding hydrogens is 358 g/mol. The monoisotopic (exact) mass is 377 g/mol. The molecule has 0 saturated carbocycles. The van der Waals surface area contributed by atoms with E-state index in [-0.39, 0.29) is 0 Å². The Labute approximate surface area is 162 Å². The smallest absolute Gasteiger partial charge is 0.224 e. The van der Waals surface area contributed by atoms with Gasteiger partial charge in [0.25, 0.3) is 0 Å². The van der Waals surface area contributed by atoms with Crippen molar-refractivity contribution in [2.24, 2.45) is 5.73 Å². The molecule has 0 spiro atoms. The van der Waals surface area contributed by atoms with Crippen molar-refractivity contribution in [1.29, 1.82) is 0 Å². The van der Waals surface area contributed by atoms with Crippen molar-refractivity contribution >= 4 is 11.6 Å². The van der Waals surface area contributed by atoms with E-state index in [0.29, 0.717) is 54.4 Å². The van der Waals surface area contributed by atoms with Crippen LogP contribution >= 0.6 is 0 Å². The second-order valence-electron chi connectivity index (χ2n) is 5.92. The summed E-state index contributed by atoms with van der Waals surface area (Å²) < 4.78 is 16.9. The molecule has 4 rings (SSSR count). The molecule has 0 bridgehead atoms. The van der Waals surface area contributed by atoms with Crippen LogP contribution in [0.15, 0.2) is 61.1 Å². The largest absolute Gasteiger partial charge is 0.486 e. The van der Waals surface area contributed by atoms with Gasteiger partial charge in [-0.3, -0.25) is 0 Å². The normalized spacial score (nSPS) is 12.7. The van der Waals surface area contributed by atoms with Gasteiger partial charge in [0.2, 0.25) is 5.88 Å². The lowest BCUT2D eigenvalue weighted by Gasteiger charge is -2.18. The van der Waals surface area contributed by atoms with Gasteiger partial charge < -0.3 is 25.3 Å². The maximum atomic E-state index is 5.83. The second-order valence-corrected chi connectivity index (χ2v) is 5.92. The molecule has 142 valence electrons. The minimum atomic E-state index is 0.399. The summed E-state index contributed by atoms with van der Waals surface area (Å²) in [5.41, 5.74) is 6.28. The number of hydrogen-bond donors (Lipinski definition) is 2. The Morgan fingerprint density at radius 2 is 1.93 bits per heavy atom. The van der Waals surface area contributed by atoms with Crippen molar-refractivity contribution in [3.8, 4) is 23.1 Å². The fourth-order valence-electron chi connectivity index (χ4n) is 2.65. The van der Waals surface area contributed by atoms with Crippen molar-refractivity contribution in [3.05, 3.63) is 66.8 Å². The maximum absolute atomic E-state index is 5.83. The highest BCUT2D eigenvalue weighted by molar-refractivity contribution is 5.53. The van der Waals surface area contributed by atoms with Gasteiger partial charge in [-0.2, -0.15) is 0 Å². The number of nitrogens with zero attached hydrogens (tertiary/aromatic N) is 3. The van der Waals surface area contributed by atoms with Gasteiger partial charge >= 0.3 is 0 Å². The fraction of sp³-hybridized carbons (Fsp3) is 0.150. The zero-order valence-corrected chi connectivity index (χ0v) is 15.0. The summed E-state index contributed by atoms with van der Waals surface area (Å²) in [7, 11) is 0. The molecule has 0 radical (unpaired) electrons. The lowest BCUT2D eigenvalue weighted by Crippen LogP contribution is -2.15. The van der Waals surface area contributed by atoms with Gasteiger partial charge in [-0.25, -0.2) is 15.0 Å². The molecule has 0 saturated heterocycles. The van der Waals surface area contributed by atoms with Crippen molar-refractivity contribution in [1.82, 2.24) is 15.0 Å². The number of anilines is 2. The number of aromatic nitrogens is 3. The van der Waals surface area contributed by atoms with Gasteiger partial charge in [0.05, 0.1) is 0 Å². The molecule has 0 amide bonds. The number of hydrogen-bond acceptors (Lipinski definition) is 8. The first-order chi connectivity index (χ1) is 13.8. The van der Waals surface area contributed by atoms with E-state index in [4.69, 9.17) is 19.9 Å². The quantitative estimate of drug-likeness (QED) is 0.675. The Morgan fingerprint density at radius 1 is 1.04 bits per heavy atom. The number of ether oxygens (including phenoxy) is 3. The van der Waals surface area contributed by atoms with E-state index in [1.165, 1.54) is 12.5 Å². The third-order valence-corrected chi connectivity index (χ3v) is 3.90. The van der Waals surface area contributed by atoms with Gasteiger partial charge in [0, 0.05) is 24.2 Å². The van der Waals surface area contributed by atoms with Crippen LogP contribution in [0, 0.1) is 0 Å². The summed E-state index contributed by atoms with van der Waals surface area (Å²) in [6.07, 6.45) is 5.44. The zero-order chi connectivity index (χ0) is 19.2.